The highest BCUT2D eigenvalue weighted by molar-refractivity contribution is 5.81. The fourth-order valence-electron chi connectivity index (χ4n) is 3.07. The minimum absolute atomic E-state index is 0.123. The molecule has 0 atom stereocenters. The van der Waals surface area contributed by atoms with Gasteiger partial charge in [-0.3, -0.25) is 9.36 Å². The minimum atomic E-state index is -0.608. The summed E-state index contributed by atoms with van der Waals surface area (Å²) in [4.78, 5) is 35.8. The molecule has 1 aromatic carbocycles. The minimum Gasteiger partial charge on any atom is -0.460 e. The van der Waals surface area contributed by atoms with Crippen LogP contribution in [0.2, 0.25) is 0 Å². The Kier molecular flexibility index (Phi) is 8.30. The van der Waals surface area contributed by atoms with E-state index >= 15 is 0 Å². The maximum Gasteiger partial charge on any atom is 0.345 e. The number of pyridine rings is 1. The van der Waals surface area contributed by atoms with Crippen molar-refractivity contribution in [2.75, 3.05) is 33.0 Å². The van der Waals surface area contributed by atoms with Gasteiger partial charge in [0.05, 0.1) is 50.2 Å². The third kappa shape index (κ3) is 6.26. The van der Waals surface area contributed by atoms with E-state index in [2.05, 4.69) is 6.58 Å². The highest BCUT2D eigenvalue weighted by Gasteiger charge is 2.12. The molecular weight excluding hydrogens is 428 g/mol. The van der Waals surface area contributed by atoms with Crippen molar-refractivity contribution in [3.05, 3.63) is 81.5 Å². The Balaban J connectivity index is 1.62. The largest absolute Gasteiger partial charge is 0.460 e. The van der Waals surface area contributed by atoms with Crippen LogP contribution in [0.5, 0.6) is 0 Å². The van der Waals surface area contributed by atoms with Crippen molar-refractivity contribution in [2.24, 2.45) is 0 Å². The second-order valence-electron chi connectivity index (χ2n) is 6.82. The lowest BCUT2D eigenvalue weighted by Crippen LogP contribution is -2.23. The van der Waals surface area contributed by atoms with Gasteiger partial charge in [-0.1, -0.05) is 18.7 Å². The zero-order valence-corrected chi connectivity index (χ0v) is 17.8. The molecule has 3 aromatic rings. The quantitative estimate of drug-likeness (QED) is 0.248. The van der Waals surface area contributed by atoms with Crippen LogP contribution in [0.25, 0.3) is 22.2 Å². The number of aromatic nitrogens is 1. The molecule has 0 spiro atoms. The third-order valence-electron chi connectivity index (χ3n) is 4.65. The topological polar surface area (TPSA) is 121 Å². The summed E-state index contributed by atoms with van der Waals surface area (Å²) in [6.45, 7) is 4.59. The van der Waals surface area contributed by atoms with E-state index in [0.717, 1.165) is 6.08 Å². The number of hydrogen-bond acceptors (Lipinski definition) is 8. The van der Waals surface area contributed by atoms with Gasteiger partial charge in [-0.25, -0.2) is 9.59 Å². The zero-order valence-electron chi connectivity index (χ0n) is 17.8. The van der Waals surface area contributed by atoms with E-state index in [1.807, 2.05) is 6.07 Å². The van der Waals surface area contributed by atoms with Gasteiger partial charge in [0.25, 0.3) is 5.56 Å². The van der Waals surface area contributed by atoms with Crippen LogP contribution in [-0.4, -0.2) is 43.6 Å². The molecule has 9 nitrogen and oxygen atoms in total. The van der Waals surface area contributed by atoms with Gasteiger partial charge in [-0.05, 0) is 29.8 Å². The van der Waals surface area contributed by atoms with Gasteiger partial charge in [0, 0.05) is 17.5 Å². The molecule has 0 fully saturated rings. The summed E-state index contributed by atoms with van der Waals surface area (Å²) >= 11 is 0. The molecule has 0 N–H and O–H groups in total. The number of nitriles is 1. The normalized spacial score (nSPS) is 10.6. The van der Waals surface area contributed by atoms with Gasteiger partial charge in [0.1, 0.15) is 6.61 Å². The molecule has 33 heavy (non-hydrogen) atoms. The number of rotatable bonds is 11. The van der Waals surface area contributed by atoms with Gasteiger partial charge < -0.3 is 18.6 Å². The van der Waals surface area contributed by atoms with Crippen LogP contribution < -0.4 is 11.2 Å². The predicted octanol–water partition coefficient (Wildman–Crippen LogP) is 2.26. The molecule has 9 heteroatoms. The van der Waals surface area contributed by atoms with E-state index in [1.165, 1.54) is 10.6 Å². The summed E-state index contributed by atoms with van der Waals surface area (Å²) in [6.07, 6.45) is 1.08. The van der Waals surface area contributed by atoms with Crippen LogP contribution in [0.3, 0.4) is 0 Å². The summed E-state index contributed by atoms with van der Waals surface area (Å²) in [5.74, 6) is -0.509. The van der Waals surface area contributed by atoms with Crippen LogP contribution in [0.1, 0.15) is 5.56 Å². The number of fused-ring (bicyclic) bond motifs is 1. The van der Waals surface area contributed by atoms with Crippen molar-refractivity contribution >= 4 is 17.1 Å². The Morgan fingerprint density at radius 2 is 1.82 bits per heavy atom. The van der Waals surface area contributed by atoms with Gasteiger partial charge in [0.15, 0.2) is 0 Å². The molecule has 0 bridgehead atoms. The van der Waals surface area contributed by atoms with Crippen LogP contribution in [-0.2, 0) is 25.5 Å². The SMILES string of the molecule is C=CC(=O)OCCOCCOCCn1c(=O)ccc2cc(-c3cccc(C#N)c3)c(=O)oc21. The molecule has 0 aliphatic heterocycles. The Morgan fingerprint density at radius 1 is 1.06 bits per heavy atom. The fourth-order valence-corrected chi connectivity index (χ4v) is 3.07. The van der Waals surface area contributed by atoms with Gasteiger partial charge in [-0.2, -0.15) is 5.26 Å². The molecule has 2 aromatic heterocycles. The van der Waals surface area contributed by atoms with Gasteiger partial charge in [0.2, 0.25) is 5.71 Å². The Morgan fingerprint density at radius 3 is 2.58 bits per heavy atom. The summed E-state index contributed by atoms with van der Waals surface area (Å²) in [5.41, 5.74) is 0.506. The molecule has 0 amide bonds. The number of hydrogen-bond donors (Lipinski definition) is 0. The fraction of sp³-hybridized carbons (Fsp3) is 0.250. The average molecular weight is 450 g/mol. The number of esters is 1. The first-order valence-electron chi connectivity index (χ1n) is 10.2. The monoisotopic (exact) mass is 450 g/mol. The Hall–Kier alpha value is -4.00. The number of nitrogens with zero attached hydrogens (tertiary/aromatic N) is 2. The lowest BCUT2D eigenvalue weighted by molar-refractivity contribution is -0.139. The third-order valence-corrected chi connectivity index (χ3v) is 4.65. The second kappa shape index (κ2) is 11.6. The van der Waals surface area contributed by atoms with Crippen molar-refractivity contribution in [1.29, 1.82) is 5.26 Å². The van der Waals surface area contributed by atoms with Crippen molar-refractivity contribution in [3.63, 3.8) is 0 Å². The summed E-state index contributed by atoms with van der Waals surface area (Å²) in [5, 5.41) is 9.66. The van der Waals surface area contributed by atoms with Crippen LogP contribution in [0.4, 0.5) is 0 Å². The van der Waals surface area contributed by atoms with E-state index in [1.54, 1.807) is 36.4 Å². The standard InChI is InChI=1S/C24H22N2O7/c1-2-22(28)32-13-12-31-11-10-30-9-8-26-21(27)7-6-19-15-20(24(29)33-23(19)26)18-5-3-4-17(14-18)16-25/h2-7,14-15H,1,8-13H2. The van der Waals surface area contributed by atoms with E-state index in [0.29, 0.717) is 22.1 Å². The molecule has 0 unspecified atom stereocenters. The Labute approximate surface area is 189 Å². The first kappa shape index (κ1) is 23.7. The first-order chi connectivity index (χ1) is 16.0. The van der Waals surface area contributed by atoms with E-state index in [9.17, 15) is 14.4 Å². The highest BCUT2D eigenvalue weighted by atomic mass is 16.6. The van der Waals surface area contributed by atoms with E-state index in [-0.39, 0.29) is 50.9 Å². The number of carbonyl (C=O) groups is 1. The highest BCUT2D eigenvalue weighted by Crippen LogP contribution is 2.21. The molecule has 0 radical (unpaired) electrons. The molecule has 2 heterocycles. The second-order valence-corrected chi connectivity index (χ2v) is 6.82. The molecule has 0 aliphatic rings. The molecule has 0 saturated heterocycles. The molecule has 0 saturated carbocycles. The summed E-state index contributed by atoms with van der Waals surface area (Å²) in [7, 11) is 0. The number of carbonyl (C=O) groups excluding carboxylic acids is 1. The van der Waals surface area contributed by atoms with Gasteiger partial charge >= 0.3 is 11.6 Å². The van der Waals surface area contributed by atoms with Crippen molar-refractivity contribution in [3.8, 4) is 17.2 Å². The molecular formula is C24H22N2O7. The summed E-state index contributed by atoms with van der Waals surface area (Å²) in [6, 6.07) is 13.3. The van der Waals surface area contributed by atoms with Crippen molar-refractivity contribution < 1.29 is 23.4 Å². The molecule has 0 aliphatic carbocycles. The van der Waals surface area contributed by atoms with Gasteiger partial charge in [-0.15, -0.1) is 0 Å². The van der Waals surface area contributed by atoms with Crippen molar-refractivity contribution in [2.45, 2.75) is 6.54 Å². The first-order valence-corrected chi connectivity index (χ1v) is 10.2. The van der Waals surface area contributed by atoms with E-state index in [4.69, 9.17) is 23.9 Å². The zero-order chi connectivity index (χ0) is 23.6. The predicted molar refractivity (Wildman–Crippen MR) is 120 cm³/mol. The van der Waals surface area contributed by atoms with Crippen molar-refractivity contribution in [1.82, 2.24) is 4.57 Å². The smallest absolute Gasteiger partial charge is 0.345 e. The lowest BCUT2D eigenvalue weighted by atomic mass is 10.0. The summed E-state index contributed by atoms with van der Waals surface area (Å²) < 4.78 is 22.3. The van der Waals surface area contributed by atoms with Crippen LogP contribution in [0, 0.1) is 11.3 Å². The number of benzene rings is 1. The number of ether oxygens (including phenoxy) is 3. The maximum absolute atomic E-state index is 12.6. The average Bonchev–Trinajstić information content (AvgIpc) is 2.83. The van der Waals surface area contributed by atoms with Crippen LogP contribution in [0.15, 0.2) is 69.1 Å². The molecule has 170 valence electrons. The Bertz CT molecular complexity index is 1300. The maximum atomic E-state index is 12.6. The van der Waals surface area contributed by atoms with Crippen LogP contribution >= 0.6 is 0 Å². The lowest BCUT2D eigenvalue weighted by Gasteiger charge is -2.10. The van der Waals surface area contributed by atoms with E-state index < -0.39 is 11.6 Å². The molecule has 3 rings (SSSR count).